The number of ether oxygens (including phenoxy) is 1. The van der Waals surface area contributed by atoms with Crippen molar-refractivity contribution in [1.29, 1.82) is 0 Å². The number of carbonyl (C=O) groups excluding carboxylic acids is 1. The maximum atomic E-state index is 11.9. The lowest BCUT2D eigenvalue weighted by atomic mass is 10.1. The summed E-state index contributed by atoms with van der Waals surface area (Å²) < 4.78 is 10.5. The minimum absolute atomic E-state index is 0.226. The normalized spacial score (nSPS) is 15.4. The molecule has 9 heteroatoms. The van der Waals surface area contributed by atoms with Crippen LogP contribution in [0.15, 0.2) is 34.0 Å². The Morgan fingerprint density at radius 3 is 2.93 bits per heavy atom. The largest absolute Gasteiger partial charge is 0.469 e. The fourth-order valence-electron chi connectivity index (χ4n) is 3.15. The van der Waals surface area contributed by atoms with Crippen LogP contribution in [0.4, 0.5) is 4.79 Å². The molecule has 2 N–H and O–H groups in total. The molecule has 0 radical (unpaired) electrons. The molecule has 0 aromatic carbocycles. The highest BCUT2D eigenvalue weighted by Gasteiger charge is 2.24. The molecule has 29 heavy (non-hydrogen) atoms. The summed E-state index contributed by atoms with van der Waals surface area (Å²) in [6, 6.07) is 4.12. The number of aliphatic imine (C=N–C) groups is 1. The molecule has 0 atom stereocenters. The van der Waals surface area contributed by atoms with Crippen LogP contribution < -0.4 is 10.6 Å². The number of likely N-dealkylation sites (tertiary alicyclic amines) is 1. The SMILES string of the molecule is CCOC(=O)N1CCC(NC(=NCc2ncc(C)s2)NCCc2ccco2)CC1. The molecule has 2 aromatic rings. The van der Waals surface area contributed by atoms with E-state index in [-0.39, 0.29) is 12.1 Å². The van der Waals surface area contributed by atoms with Crippen molar-refractivity contribution in [2.24, 2.45) is 4.99 Å². The topological polar surface area (TPSA) is 92.0 Å². The summed E-state index contributed by atoms with van der Waals surface area (Å²) in [6.45, 7) is 6.90. The lowest BCUT2D eigenvalue weighted by molar-refractivity contribution is 0.0963. The smallest absolute Gasteiger partial charge is 0.409 e. The van der Waals surface area contributed by atoms with Gasteiger partial charge < -0.3 is 24.7 Å². The maximum absolute atomic E-state index is 11.9. The first-order chi connectivity index (χ1) is 14.1. The Morgan fingerprint density at radius 1 is 1.45 bits per heavy atom. The molecule has 1 aliphatic heterocycles. The van der Waals surface area contributed by atoms with Crippen LogP contribution in [0.3, 0.4) is 0 Å². The number of guanidine groups is 1. The molecular weight excluding hydrogens is 390 g/mol. The van der Waals surface area contributed by atoms with Gasteiger partial charge in [-0.2, -0.15) is 0 Å². The molecular formula is C20H29N5O3S. The van der Waals surface area contributed by atoms with Crippen molar-refractivity contribution < 1.29 is 13.9 Å². The van der Waals surface area contributed by atoms with Crippen LogP contribution in [0, 0.1) is 6.92 Å². The molecule has 0 unspecified atom stereocenters. The van der Waals surface area contributed by atoms with Crippen molar-refractivity contribution in [3.05, 3.63) is 40.2 Å². The molecule has 1 saturated heterocycles. The molecule has 0 bridgehead atoms. The number of hydrogen-bond donors (Lipinski definition) is 2. The summed E-state index contributed by atoms with van der Waals surface area (Å²) >= 11 is 1.66. The Kier molecular flexibility index (Phi) is 7.92. The zero-order valence-electron chi connectivity index (χ0n) is 17.0. The minimum Gasteiger partial charge on any atom is -0.469 e. The van der Waals surface area contributed by atoms with Crippen molar-refractivity contribution in [2.45, 2.75) is 45.7 Å². The Labute approximate surface area is 175 Å². The van der Waals surface area contributed by atoms with Crippen LogP contribution in [0.1, 0.15) is 35.4 Å². The molecule has 1 amide bonds. The Bertz CT molecular complexity index is 782. The van der Waals surface area contributed by atoms with Crippen molar-refractivity contribution in [3.63, 3.8) is 0 Å². The number of piperidine rings is 1. The number of nitrogens with zero attached hydrogens (tertiary/aromatic N) is 3. The van der Waals surface area contributed by atoms with Gasteiger partial charge in [0.1, 0.15) is 10.8 Å². The summed E-state index contributed by atoms with van der Waals surface area (Å²) in [5.74, 6) is 1.70. The van der Waals surface area contributed by atoms with E-state index in [1.165, 1.54) is 4.88 Å². The average molecular weight is 420 g/mol. The van der Waals surface area contributed by atoms with Crippen LogP contribution in [-0.4, -0.2) is 54.2 Å². The van der Waals surface area contributed by atoms with Crippen LogP contribution in [0.2, 0.25) is 0 Å². The molecule has 158 valence electrons. The van der Waals surface area contributed by atoms with Crippen LogP contribution in [-0.2, 0) is 17.7 Å². The second kappa shape index (κ2) is 10.8. The van der Waals surface area contributed by atoms with E-state index < -0.39 is 0 Å². The standard InChI is InChI=1S/C20H29N5O3S/c1-3-27-20(26)25-10-7-16(8-11-25)24-19(21-9-6-17-5-4-12-28-17)23-14-18-22-13-15(2)29-18/h4-5,12-13,16H,3,6-11,14H2,1-2H3,(H2,21,23,24). The number of hydrogen-bond acceptors (Lipinski definition) is 6. The van der Waals surface area contributed by atoms with E-state index in [4.69, 9.17) is 14.1 Å². The number of aryl methyl sites for hydroxylation is 1. The Morgan fingerprint density at radius 2 is 2.28 bits per heavy atom. The molecule has 1 fully saturated rings. The summed E-state index contributed by atoms with van der Waals surface area (Å²) in [5, 5.41) is 7.89. The molecule has 0 saturated carbocycles. The minimum atomic E-state index is -0.226. The highest BCUT2D eigenvalue weighted by Crippen LogP contribution is 2.13. The zero-order valence-corrected chi connectivity index (χ0v) is 17.8. The van der Waals surface area contributed by atoms with Crippen molar-refractivity contribution in [1.82, 2.24) is 20.5 Å². The third-order valence-corrected chi connectivity index (χ3v) is 5.54. The third-order valence-electron chi connectivity index (χ3n) is 4.65. The predicted molar refractivity (Wildman–Crippen MR) is 113 cm³/mol. The van der Waals surface area contributed by atoms with E-state index in [1.54, 1.807) is 22.5 Å². The van der Waals surface area contributed by atoms with Gasteiger partial charge in [-0.1, -0.05) is 0 Å². The number of nitrogens with one attached hydrogen (secondary N) is 2. The molecule has 1 aliphatic rings. The van der Waals surface area contributed by atoms with E-state index in [9.17, 15) is 4.79 Å². The first kappa shape index (κ1) is 21.2. The Hall–Kier alpha value is -2.55. The van der Waals surface area contributed by atoms with Gasteiger partial charge in [-0.3, -0.25) is 0 Å². The van der Waals surface area contributed by atoms with Crippen LogP contribution in [0.25, 0.3) is 0 Å². The molecule has 2 aromatic heterocycles. The number of furan rings is 1. The van der Waals surface area contributed by atoms with Crippen LogP contribution >= 0.6 is 11.3 Å². The van der Waals surface area contributed by atoms with E-state index >= 15 is 0 Å². The summed E-state index contributed by atoms with van der Waals surface area (Å²) in [4.78, 5) is 23.9. The predicted octanol–water partition coefficient (Wildman–Crippen LogP) is 2.94. The summed E-state index contributed by atoms with van der Waals surface area (Å²) in [6.07, 6.45) is 5.83. The molecule has 0 spiro atoms. The number of thiazole rings is 1. The second-order valence-corrected chi connectivity index (χ2v) is 8.21. The van der Waals surface area contributed by atoms with E-state index in [1.807, 2.05) is 32.2 Å². The first-order valence-corrected chi connectivity index (χ1v) is 10.9. The molecule has 3 heterocycles. The number of aromatic nitrogens is 1. The first-order valence-electron chi connectivity index (χ1n) is 10.0. The monoisotopic (exact) mass is 419 g/mol. The fraction of sp³-hybridized carbons (Fsp3) is 0.550. The quantitative estimate of drug-likeness (QED) is 0.530. The van der Waals surface area contributed by atoms with Gasteiger partial charge in [0.2, 0.25) is 0 Å². The Balaban J connectivity index is 1.53. The van der Waals surface area contributed by atoms with Gasteiger partial charge in [0.05, 0.1) is 19.4 Å². The third kappa shape index (κ3) is 6.77. The van der Waals surface area contributed by atoms with Gasteiger partial charge in [-0.05, 0) is 38.8 Å². The second-order valence-electron chi connectivity index (χ2n) is 6.89. The van der Waals surface area contributed by atoms with Gasteiger partial charge >= 0.3 is 6.09 Å². The lowest BCUT2D eigenvalue weighted by Crippen LogP contribution is -2.50. The highest BCUT2D eigenvalue weighted by molar-refractivity contribution is 7.11. The van der Waals surface area contributed by atoms with E-state index in [0.29, 0.717) is 26.2 Å². The van der Waals surface area contributed by atoms with Gasteiger partial charge in [-0.15, -0.1) is 11.3 Å². The molecule has 0 aliphatic carbocycles. The fourth-order valence-corrected chi connectivity index (χ4v) is 3.86. The number of carbonyl (C=O) groups is 1. The van der Waals surface area contributed by atoms with Crippen LogP contribution in [0.5, 0.6) is 0 Å². The number of amides is 1. The van der Waals surface area contributed by atoms with Gasteiger partial charge in [0.15, 0.2) is 5.96 Å². The number of rotatable bonds is 7. The van der Waals surface area contributed by atoms with Gasteiger partial charge in [-0.25, -0.2) is 14.8 Å². The van der Waals surface area contributed by atoms with Crippen molar-refractivity contribution in [2.75, 3.05) is 26.2 Å². The zero-order chi connectivity index (χ0) is 20.5. The van der Waals surface area contributed by atoms with E-state index in [2.05, 4.69) is 15.6 Å². The van der Waals surface area contributed by atoms with Crippen molar-refractivity contribution >= 4 is 23.4 Å². The lowest BCUT2D eigenvalue weighted by Gasteiger charge is -2.32. The maximum Gasteiger partial charge on any atom is 0.409 e. The van der Waals surface area contributed by atoms with Gasteiger partial charge in [0, 0.05) is 43.2 Å². The average Bonchev–Trinajstić information content (AvgIpc) is 3.38. The molecule has 3 rings (SSSR count). The van der Waals surface area contributed by atoms with E-state index in [0.717, 1.165) is 42.5 Å². The summed E-state index contributed by atoms with van der Waals surface area (Å²) in [7, 11) is 0. The summed E-state index contributed by atoms with van der Waals surface area (Å²) in [5.41, 5.74) is 0. The van der Waals surface area contributed by atoms with Crippen molar-refractivity contribution in [3.8, 4) is 0 Å². The highest BCUT2D eigenvalue weighted by atomic mass is 32.1. The van der Waals surface area contributed by atoms with Gasteiger partial charge in [0.25, 0.3) is 0 Å². The molecule has 8 nitrogen and oxygen atoms in total.